The number of benzene rings is 1. The molecule has 0 aliphatic carbocycles. The highest BCUT2D eigenvalue weighted by Gasteiger charge is 2.21. The molecule has 0 fully saturated rings. The molecule has 1 N–H and O–H groups in total. The maximum absolute atomic E-state index is 12.1. The first-order valence-corrected chi connectivity index (χ1v) is 7.97. The van der Waals surface area contributed by atoms with Gasteiger partial charge in [0.05, 0.1) is 17.8 Å². The highest BCUT2D eigenvalue weighted by Crippen LogP contribution is 2.17. The third kappa shape index (κ3) is 4.52. The first-order valence-electron chi connectivity index (χ1n) is 6.32. The molecule has 0 aliphatic heterocycles. The predicted octanol–water partition coefficient (Wildman–Crippen LogP) is 1.63. The fourth-order valence-corrected chi connectivity index (χ4v) is 2.62. The van der Waals surface area contributed by atoms with E-state index in [1.54, 1.807) is 32.9 Å². The lowest BCUT2D eigenvalue weighted by atomic mass is 9.96. The average Bonchev–Trinajstić information content (AvgIpc) is 2.37. The zero-order chi connectivity index (χ0) is 15.4. The Morgan fingerprint density at radius 3 is 2.20 bits per heavy atom. The summed E-state index contributed by atoms with van der Waals surface area (Å²) in [7, 11) is -1.88. The van der Waals surface area contributed by atoms with Crippen LogP contribution in [0.1, 0.15) is 20.8 Å². The number of carbonyl (C=O) groups excluding carboxylic acids is 1. The lowest BCUT2D eigenvalue weighted by Crippen LogP contribution is -2.37. The van der Waals surface area contributed by atoms with E-state index in [-0.39, 0.29) is 23.1 Å². The van der Waals surface area contributed by atoms with Crippen LogP contribution in [0.3, 0.4) is 0 Å². The molecule has 20 heavy (non-hydrogen) atoms. The van der Waals surface area contributed by atoms with Crippen molar-refractivity contribution in [3.63, 3.8) is 0 Å². The lowest BCUT2D eigenvalue weighted by Gasteiger charge is -2.17. The minimum Gasteiger partial charge on any atom is -0.497 e. The van der Waals surface area contributed by atoms with E-state index in [1.807, 2.05) is 0 Å². The van der Waals surface area contributed by atoms with Crippen molar-refractivity contribution in [3.05, 3.63) is 24.3 Å². The minimum atomic E-state index is -3.40. The maximum atomic E-state index is 12.1. The second kappa shape index (κ2) is 6.26. The molecule has 1 amide bonds. The van der Waals surface area contributed by atoms with E-state index in [0.29, 0.717) is 5.75 Å². The van der Waals surface area contributed by atoms with Crippen molar-refractivity contribution in [1.29, 1.82) is 0 Å². The van der Waals surface area contributed by atoms with Crippen LogP contribution in [0.2, 0.25) is 0 Å². The predicted molar refractivity (Wildman–Crippen MR) is 77.5 cm³/mol. The summed E-state index contributed by atoms with van der Waals surface area (Å²) in [4.78, 5) is 11.9. The van der Waals surface area contributed by atoms with Gasteiger partial charge in [-0.05, 0) is 24.3 Å². The molecule has 0 bridgehead atoms. The summed E-state index contributed by atoms with van der Waals surface area (Å²) in [6, 6.07) is 6.20. The molecule has 5 nitrogen and oxygen atoms in total. The summed E-state index contributed by atoms with van der Waals surface area (Å²) in [6.07, 6.45) is 0. The number of carbonyl (C=O) groups is 1. The van der Waals surface area contributed by atoms with Gasteiger partial charge in [0.2, 0.25) is 5.91 Å². The number of amides is 1. The zero-order valence-corrected chi connectivity index (χ0v) is 13.1. The molecular weight excluding hydrogens is 278 g/mol. The monoisotopic (exact) mass is 299 g/mol. The van der Waals surface area contributed by atoms with Crippen LogP contribution in [0.25, 0.3) is 0 Å². The van der Waals surface area contributed by atoms with Crippen LogP contribution in [0.5, 0.6) is 5.75 Å². The maximum Gasteiger partial charge on any atom is 0.225 e. The van der Waals surface area contributed by atoms with Gasteiger partial charge >= 0.3 is 0 Å². The summed E-state index contributed by atoms with van der Waals surface area (Å²) < 4.78 is 29.1. The number of rotatable bonds is 5. The molecular formula is C14H21NO4S. The van der Waals surface area contributed by atoms with Crippen LogP contribution in [-0.4, -0.2) is 33.7 Å². The third-order valence-electron chi connectivity index (χ3n) is 2.76. The Hall–Kier alpha value is -1.56. The summed E-state index contributed by atoms with van der Waals surface area (Å²) in [5, 5.41) is 2.63. The van der Waals surface area contributed by atoms with Gasteiger partial charge in [0.25, 0.3) is 0 Å². The molecule has 0 aromatic heterocycles. The summed E-state index contributed by atoms with van der Waals surface area (Å²) in [5.41, 5.74) is -0.524. The second-order valence-electron chi connectivity index (χ2n) is 5.50. The fraction of sp³-hybridized carbons (Fsp3) is 0.500. The van der Waals surface area contributed by atoms with E-state index in [1.165, 1.54) is 19.2 Å². The molecule has 0 unspecified atom stereocenters. The Kier molecular flexibility index (Phi) is 5.16. The van der Waals surface area contributed by atoms with Gasteiger partial charge in [-0.2, -0.15) is 0 Å². The summed E-state index contributed by atoms with van der Waals surface area (Å²) >= 11 is 0. The molecule has 1 aromatic carbocycles. The summed E-state index contributed by atoms with van der Waals surface area (Å²) in [5.74, 6) is 0.314. The molecule has 1 rings (SSSR count). The Bertz CT molecular complexity index is 556. The van der Waals surface area contributed by atoms with Crippen molar-refractivity contribution in [1.82, 2.24) is 5.32 Å². The number of methoxy groups -OCH3 is 1. The largest absolute Gasteiger partial charge is 0.497 e. The van der Waals surface area contributed by atoms with E-state index in [9.17, 15) is 13.2 Å². The number of hydrogen-bond donors (Lipinski definition) is 1. The zero-order valence-electron chi connectivity index (χ0n) is 12.3. The summed E-state index contributed by atoms with van der Waals surface area (Å²) in [6.45, 7) is 5.44. The first kappa shape index (κ1) is 16.5. The molecule has 1 aromatic rings. The molecule has 0 radical (unpaired) electrons. The number of hydrogen-bond acceptors (Lipinski definition) is 4. The molecule has 112 valence electrons. The Morgan fingerprint density at radius 1 is 1.20 bits per heavy atom. The van der Waals surface area contributed by atoms with E-state index in [2.05, 4.69) is 5.32 Å². The number of ether oxygens (including phenoxy) is 1. The first-order chi connectivity index (χ1) is 9.16. The molecule has 0 saturated heterocycles. The van der Waals surface area contributed by atoms with Gasteiger partial charge in [-0.15, -0.1) is 0 Å². The average molecular weight is 299 g/mol. The third-order valence-corrected chi connectivity index (χ3v) is 4.49. The van der Waals surface area contributed by atoms with Gasteiger partial charge in [0, 0.05) is 12.0 Å². The van der Waals surface area contributed by atoms with E-state index in [4.69, 9.17) is 4.74 Å². The van der Waals surface area contributed by atoms with Crippen LogP contribution in [0.4, 0.5) is 0 Å². The standard InChI is InChI=1S/C14H21NO4S/c1-14(2,3)13(16)15-9-10-20(17,18)12-7-5-11(19-4)6-8-12/h5-8H,9-10H2,1-4H3,(H,15,16). The van der Waals surface area contributed by atoms with Crippen molar-refractivity contribution < 1.29 is 17.9 Å². The fourth-order valence-electron chi connectivity index (χ4n) is 1.47. The van der Waals surface area contributed by atoms with Gasteiger partial charge in [0.15, 0.2) is 9.84 Å². The van der Waals surface area contributed by atoms with Crippen molar-refractivity contribution in [3.8, 4) is 5.75 Å². The molecule has 0 spiro atoms. The van der Waals surface area contributed by atoms with Crippen LogP contribution >= 0.6 is 0 Å². The van der Waals surface area contributed by atoms with Crippen LogP contribution in [0, 0.1) is 5.41 Å². The number of nitrogens with one attached hydrogen (secondary N) is 1. The quantitative estimate of drug-likeness (QED) is 0.897. The lowest BCUT2D eigenvalue weighted by molar-refractivity contribution is -0.128. The highest BCUT2D eigenvalue weighted by molar-refractivity contribution is 7.91. The SMILES string of the molecule is COc1ccc(S(=O)(=O)CCNC(=O)C(C)(C)C)cc1. The van der Waals surface area contributed by atoms with E-state index < -0.39 is 15.3 Å². The minimum absolute atomic E-state index is 0.102. The topological polar surface area (TPSA) is 72.5 Å². The van der Waals surface area contributed by atoms with Gasteiger partial charge < -0.3 is 10.1 Å². The Morgan fingerprint density at radius 2 is 1.75 bits per heavy atom. The highest BCUT2D eigenvalue weighted by atomic mass is 32.2. The van der Waals surface area contributed by atoms with Crippen molar-refractivity contribution >= 4 is 15.7 Å². The van der Waals surface area contributed by atoms with Gasteiger partial charge in [-0.1, -0.05) is 20.8 Å². The van der Waals surface area contributed by atoms with Crippen molar-refractivity contribution in [2.45, 2.75) is 25.7 Å². The normalized spacial score (nSPS) is 12.0. The molecule has 0 aliphatic rings. The van der Waals surface area contributed by atoms with Crippen LogP contribution < -0.4 is 10.1 Å². The molecule has 6 heteroatoms. The van der Waals surface area contributed by atoms with Gasteiger partial charge in [0.1, 0.15) is 5.75 Å². The van der Waals surface area contributed by atoms with Crippen LogP contribution in [0.15, 0.2) is 29.2 Å². The smallest absolute Gasteiger partial charge is 0.225 e. The second-order valence-corrected chi connectivity index (χ2v) is 7.61. The Labute approximate surface area is 120 Å². The van der Waals surface area contributed by atoms with Gasteiger partial charge in [-0.3, -0.25) is 4.79 Å². The molecule has 0 heterocycles. The Balaban J connectivity index is 2.64. The van der Waals surface area contributed by atoms with E-state index in [0.717, 1.165) is 0 Å². The molecule has 0 saturated carbocycles. The van der Waals surface area contributed by atoms with Crippen molar-refractivity contribution in [2.24, 2.45) is 5.41 Å². The van der Waals surface area contributed by atoms with Crippen LogP contribution in [-0.2, 0) is 14.6 Å². The van der Waals surface area contributed by atoms with Crippen molar-refractivity contribution in [2.75, 3.05) is 19.4 Å². The van der Waals surface area contributed by atoms with E-state index >= 15 is 0 Å². The molecule has 0 atom stereocenters. The number of sulfone groups is 1. The van der Waals surface area contributed by atoms with Gasteiger partial charge in [-0.25, -0.2) is 8.42 Å².